The normalized spacial score (nSPS) is 10.6. The summed E-state index contributed by atoms with van der Waals surface area (Å²) in [7, 11) is 1.85. The van der Waals surface area contributed by atoms with Crippen LogP contribution < -0.4 is 5.32 Å². The quantitative estimate of drug-likeness (QED) is 0.868. The highest BCUT2D eigenvalue weighted by atomic mass is 16.2. The number of benzene rings is 1. The number of carbonyl (C=O) groups is 1. The summed E-state index contributed by atoms with van der Waals surface area (Å²) >= 11 is 0. The minimum absolute atomic E-state index is 0.107. The standard InChI is InChI=1S/C15H24N2O/c1-6-17(10-11(2)3)15(18)13-8-7-12(4)9-14(13)16-5/h7-9,11,16H,6,10H2,1-5H3. The molecule has 0 aromatic heterocycles. The second-order valence-electron chi connectivity index (χ2n) is 5.04. The smallest absolute Gasteiger partial charge is 0.255 e. The third-order valence-corrected chi connectivity index (χ3v) is 2.93. The Morgan fingerprint density at radius 1 is 1.39 bits per heavy atom. The lowest BCUT2D eigenvalue weighted by Crippen LogP contribution is -2.34. The topological polar surface area (TPSA) is 32.3 Å². The van der Waals surface area contributed by atoms with Gasteiger partial charge in [0.15, 0.2) is 0 Å². The molecule has 1 aromatic rings. The average Bonchev–Trinajstić information content (AvgIpc) is 2.34. The first-order valence-electron chi connectivity index (χ1n) is 6.57. The summed E-state index contributed by atoms with van der Waals surface area (Å²) in [6, 6.07) is 5.90. The molecule has 0 radical (unpaired) electrons. The van der Waals surface area contributed by atoms with E-state index in [1.165, 1.54) is 0 Å². The van der Waals surface area contributed by atoms with E-state index in [-0.39, 0.29) is 5.91 Å². The van der Waals surface area contributed by atoms with Crippen molar-refractivity contribution in [2.45, 2.75) is 27.7 Å². The van der Waals surface area contributed by atoms with Gasteiger partial charge in [0.2, 0.25) is 0 Å². The second-order valence-corrected chi connectivity index (χ2v) is 5.04. The van der Waals surface area contributed by atoms with E-state index in [9.17, 15) is 4.79 Å². The van der Waals surface area contributed by atoms with Crippen LogP contribution in [0.3, 0.4) is 0 Å². The molecule has 0 fully saturated rings. The zero-order valence-electron chi connectivity index (χ0n) is 12.1. The molecule has 0 bridgehead atoms. The van der Waals surface area contributed by atoms with Crippen LogP contribution in [0.5, 0.6) is 0 Å². The fourth-order valence-electron chi connectivity index (χ4n) is 2.02. The molecule has 18 heavy (non-hydrogen) atoms. The van der Waals surface area contributed by atoms with Gasteiger partial charge >= 0.3 is 0 Å². The number of anilines is 1. The van der Waals surface area contributed by atoms with Crippen LogP contribution in [0.15, 0.2) is 18.2 Å². The highest BCUT2D eigenvalue weighted by molar-refractivity contribution is 5.99. The van der Waals surface area contributed by atoms with E-state index >= 15 is 0 Å². The van der Waals surface area contributed by atoms with Crippen molar-refractivity contribution in [2.75, 3.05) is 25.5 Å². The van der Waals surface area contributed by atoms with E-state index in [0.29, 0.717) is 5.92 Å². The third-order valence-electron chi connectivity index (χ3n) is 2.93. The monoisotopic (exact) mass is 248 g/mol. The van der Waals surface area contributed by atoms with Gasteiger partial charge in [0.1, 0.15) is 0 Å². The molecule has 1 aromatic carbocycles. The lowest BCUT2D eigenvalue weighted by atomic mass is 10.1. The molecular formula is C15H24N2O. The minimum Gasteiger partial charge on any atom is -0.387 e. The Kier molecular flexibility index (Phi) is 5.20. The molecule has 3 nitrogen and oxygen atoms in total. The summed E-state index contributed by atoms with van der Waals surface area (Å²) in [6.07, 6.45) is 0. The predicted molar refractivity (Wildman–Crippen MR) is 77.1 cm³/mol. The molecule has 0 unspecified atom stereocenters. The lowest BCUT2D eigenvalue weighted by molar-refractivity contribution is 0.0747. The molecule has 0 atom stereocenters. The lowest BCUT2D eigenvalue weighted by Gasteiger charge is -2.24. The molecule has 0 aliphatic rings. The van der Waals surface area contributed by atoms with Crippen molar-refractivity contribution in [1.82, 2.24) is 4.90 Å². The van der Waals surface area contributed by atoms with Gasteiger partial charge in [-0.25, -0.2) is 0 Å². The first-order valence-corrected chi connectivity index (χ1v) is 6.57. The van der Waals surface area contributed by atoms with Gasteiger partial charge < -0.3 is 10.2 Å². The molecule has 0 spiro atoms. The Morgan fingerprint density at radius 3 is 2.56 bits per heavy atom. The molecule has 0 heterocycles. The number of nitrogens with one attached hydrogen (secondary N) is 1. The molecule has 1 amide bonds. The number of amides is 1. The van der Waals surface area contributed by atoms with E-state index in [1.807, 2.05) is 44.0 Å². The number of aryl methyl sites for hydroxylation is 1. The van der Waals surface area contributed by atoms with E-state index in [1.54, 1.807) is 0 Å². The highest BCUT2D eigenvalue weighted by Crippen LogP contribution is 2.19. The molecule has 0 aliphatic heterocycles. The van der Waals surface area contributed by atoms with Crippen molar-refractivity contribution in [3.8, 4) is 0 Å². The van der Waals surface area contributed by atoms with Gasteiger partial charge in [0, 0.05) is 25.8 Å². The maximum Gasteiger partial charge on any atom is 0.255 e. The third kappa shape index (κ3) is 3.49. The second kappa shape index (κ2) is 6.43. The fraction of sp³-hybridized carbons (Fsp3) is 0.533. The van der Waals surface area contributed by atoms with Crippen LogP contribution in [0.2, 0.25) is 0 Å². The van der Waals surface area contributed by atoms with Gasteiger partial charge in [-0.3, -0.25) is 4.79 Å². The number of hydrogen-bond donors (Lipinski definition) is 1. The summed E-state index contributed by atoms with van der Waals surface area (Å²) in [5.74, 6) is 0.591. The first-order chi connectivity index (χ1) is 8.49. The summed E-state index contributed by atoms with van der Waals surface area (Å²) in [6.45, 7) is 9.85. The van der Waals surface area contributed by atoms with Gasteiger partial charge in [-0.2, -0.15) is 0 Å². The Labute approximate surface area is 110 Å². The van der Waals surface area contributed by atoms with Gasteiger partial charge in [-0.15, -0.1) is 0 Å². The van der Waals surface area contributed by atoms with Crippen LogP contribution in [0.4, 0.5) is 5.69 Å². The van der Waals surface area contributed by atoms with Gasteiger partial charge in [0.25, 0.3) is 5.91 Å². The van der Waals surface area contributed by atoms with E-state index < -0.39 is 0 Å². The van der Waals surface area contributed by atoms with Crippen LogP contribution in [0, 0.1) is 12.8 Å². The summed E-state index contributed by atoms with van der Waals surface area (Å²) in [4.78, 5) is 14.4. The van der Waals surface area contributed by atoms with Gasteiger partial charge in [0.05, 0.1) is 5.56 Å². The highest BCUT2D eigenvalue weighted by Gasteiger charge is 2.18. The average molecular weight is 248 g/mol. The van der Waals surface area contributed by atoms with E-state index in [4.69, 9.17) is 0 Å². The molecule has 0 saturated carbocycles. The Hall–Kier alpha value is -1.51. The zero-order valence-corrected chi connectivity index (χ0v) is 12.1. The number of rotatable bonds is 5. The van der Waals surface area contributed by atoms with E-state index in [0.717, 1.165) is 29.9 Å². The van der Waals surface area contributed by atoms with Crippen LogP contribution in [0.1, 0.15) is 36.7 Å². The first kappa shape index (κ1) is 14.6. The number of hydrogen-bond acceptors (Lipinski definition) is 2. The molecule has 100 valence electrons. The van der Waals surface area contributed by atoms with Crippen LogP contribution in [-0.2, 0) is 0 Å². The van der Waals surface area contributed by atoms with Gasteiger partial charge in [-0.1, -0.05) is 19.9 Å². The SMILES string of the molecule is CCN(CC(C)C)C(=O)c1ccc(C)cc1NC. The van der Waals surface area contributed by atoms with Crippen molar-refractivity contribution in [2.24, 2.45) is 5.92 Å². The van der Waals surface area contributed by atoms with Crippen molar-refractivity contribution in [1.29, 1.82) is 0 Å². The summed E-state index contributed by atoms with van der Waals surface area (Å²) in [5, 5.41) is 3.10. The van der Waals surface area contributed by atoms with Crippen molar-refractivity contribution < 1.29 is 4.79 Å². The molecule has 3 heteroatoms. The van der Waals surface area contributed by atoms with Gasteiger partial charge in [-0.05, 0) is 37.5 Å². The largest absolute Gasteiger partial charge is 0.387 e. The van der Waals surface area contributed by atoms with Crippen LogP contribution >= 0.6 is 0 Å². The molecule has 1 N–H and O–H groups in total. The predicted octanol–water partition coefficient (Wildman–Crippen LogP) is 3.15. The molecule has 1 rings (SSSR count). The summed E-state index contributed by atoms with van der Waals surface area (Å²) in [5.41, 5.74) is 2.82. The summed E-state index contributed by atoms with van der Waals surface area (Å²) < 4.78 is 0. The van der Waals surface area contributed by atoms with E-state index in [2.05, 4.69) is 19.2 Å². The molecular weight excluding hydrogens is 224 g/mol. The van der Waals surface area contributed by atoms with Crippen LogP contribution in [-0.4, -0.2) is 30.9 Å². The minimum atomic E-state index is 0.107. The fourth-order valence-corrected chi connectivity index (χ4v) is 2.02. The zero-order chi connectivity index (χ0) is 13.7. The van der Waals surface area contributed by atoms with Crippen molar-refractivity contribution in [3.05, 3.63) is 29.3 Å². The Morgan fingerprint density at radius 2 is 2.06 bits per heavy atom. The molecule has 0 saturated heterocycles. The number of nitrogens with zero attached hydrogens (tertiary/aromatic N) is 1. The maximum absolute atomic E-state index is 12.5. The van der Waals surface area contributed by atoms with Crippen molar-refractivity contribution >= 4 is 11.6 Å². The Bertz CT molecular complexity index is 413. The van der Waals surface area contributed by atoms with Crippen molar-refractivity contribution in [3.63, 3.8) is 0 Å². The maximum atomic E-state index is 12.5. The molecule has 0 aliphatic carbocycles. The van der Waals surface area contributed by atoms with Crippen LogP contribution in [0.25, 0.3) is 0 Å². The Balaban J connectivity index is 3.01. The number of carbonyl (C=O) groups excluding carboxylic acids is 1.